The molecule has 0 aromatic heterocycles. The van der Waals surface area contributed by atoms with Crippen LogP contribution in [0.4, 0.5) is 5.69 Å². The van der Waals surface area contributed by atoms with E-state index in [1.165, 1.54) is 20.3 Å². The summed E-state index contributed by atoms with van der Waals surface area (Å²) >= 11 is 0. The monoisotopic (exact) mass is 804 g/mol. The predicted molar refractivity (Wildman–Crippen MR) is 218 cm³/mol. The lowest BCUT2D eigenvalue weighted by Crippen LogP contribution is -2.52. The lowest BCUT2D eigenvalue weighted by Gasteiger charge is -2.44. The number of ether oxygens (including phenoxy) is 3. The molecule has 1 saturated heterocycles. The van der Waals surface area contributed by atoms with Crippen molar-refractivity contribution in [3.05, 3.63) is 58.0 Å². The quantitative estimate of drug-likeness (QED) is 0.223. The normalized spacial score (nSPS) is 32.1. The number of ketones is 1. The average Bonchev–Trinajstić information content (AvgIpc) is 3.67. The van der Waals surface area contributed by atoms with Gasteiger partial charge in [-0.2, -0.15) is 0 Å². The molecule has 6 N–H and O–H groups in total. The number of phenols is 2. The van der Waals surface area contributed by atoms with E-state index < -0.39 is 77.0 Å². The lowest BCUT2D eigenvalue weighted by molar-refractivity contribution is -0.114. The fraction of sp³-hybridized carbons (Fsp3) is 0.591. The third kappa shape index (κ3) is 7.42. The van der Waals surface area contributed by atoms with Crippen molar-refractivity contribution in [1.82, 2.24) is 4.90 Å². The number of Topliss-reactive ketones (excluding diaryl/α,β-unsaturated/α-hetero) is 1. The number of hydrogen-bond donors (Lipinski definition) is 6. The second-order valence-electron chi connectivity index (χ2n) is 17.9. The predicted octanol–water partition coefficient (Wildman–Crippen LogP) is 4.32. The number of aliphatic hydroxyl groups is 3. The van der Waals surface area contributed by atoms with Gasteiger partial charge in [0.25, 0.3) is 11.7 Å². The minimum absolute atomic E-state index is 0.0634. The first-order valence-electron chi connectivity index (χ1n) is 20.2. The molecule has 4 aliphatic rings. The number of aliphatic hydroxyl groups excluding tert-OH is 3. The molecule has 0 saturated carbocycles. The first-order valence-corrected chi connectivity index (χ1v) is 20.2. The molecule has 4 heterocycles. The van der Waals surface area contributed by atoms with E-state index in [0.29, 0.717) is 31.6 Å². The zero-order valence-corrected chi connectivity index (χ0v) is 35.5. The van der Waals surface area contributed by atoms with Crippen molar-refractivity contribution in [1.29, 1.82) is 0 Å². The molecule has 9 unspecified atom stereocenters. The molecule has 2 aromatic carbocycles. The molecule has 4 bridgehead atoms. The molecule has 0 radical (unpaired) electrons. The topological polar surface area (TPSA) is 203 Å². The zero-order valence-electron chi connectivity index (χ0n) is 35.5. The number of amides is 1. The van der Waals surface area contributed by atoms with E-state index in [4.69, 9.17) is 19.2 Å². The van der Waals surface area contributed by atoms with Crippen LogP contribution < -0.4 is 20.8 Å². The first kappa shape index (κ1) is 43.2. The van der Waals surface area contributed by atoms with Crippen molar-refractivity contribution in [2.45, 2.75) is 123 Å². The summed E-state index contributed by atoms with van der Waals surface area (Å²) in [6, 6.07) is 0. The van der Waals surface area contributed by atoms with E-state index in [1.807, 2.05) is 0 Å². The SMILES string of the molecule is COC1C=COC2(C)Oc3c(C)c(O)c4c(O)c(c5c(c4c3C2=O)NC2(CCN(C(C)(C)C)CC2)N=5)=NC(=O)C(C)=CC=CC(C)C(O)C(C)C(O)C(C)C(O)C1C. The number of fused-ring (bicyclic) bond motifs is 1. The van der Waals surface area contributed by atoms with Crippen LogP contribution in [0.2, 0.25) is 0 Å². The lowest BCUT2D eigenvalue weighted by atomic mass is 9.78. The van der Waals surface area contributed by atoms with E-state index in [-0.39, 0.29) is 55.2 Å². The molecule has 58 heavy (non-hydrogen) atoms. The Bertz CT molecular complexity index is 2200. The highest BCUT2D eigenvalue weighted by atomic mass is 16.7. The van der Waals surface area contributed by atoms with Gasteiger partial charge in [-0.1, -0.05) is 45.9 Å². The molecule has 0 aliphatic carbocycles. The number of aromatic hydroxyl groups is 2. The van der Waals surface area contributed by atoms with Crippen LogP contribution >= 0.6 is 0 Å². The number of benzene rings is 2. The molecule has 1 amide bonds. The van der Waals surface area contributed by atoms with Gasteiger partial charge in [-0.25, -0.2) is 4.99 Å². The smallest absolute Gasteiger partial charge is 0.312 e. The van der Waals surface area contributed by atoms with Crippen LogP contribution in [-0.2, 0) is 14.3 Å². The summed E-state index contributed by atoms with van der Waals surface area (Å²) in [6.07, 6.45) is 4.96. The molecular formula is C44H60N4O10. The third-order valence-corrected chi connectivity index (χ3v) is 12.9. The maximum atomic E-state index is 14.6. The van der Waals surface area contributed by atoms with Crippen LogP contribution in [0, 0.1) is 30.6 Å². The van der Waals surface area contributed by atoms with Crippen LogP contribution in [0.5, 0.6) is 17.2 Å². The van der Waals surface area contributed by atoms with Gasteiger partial charge in [-0.15, -0.1) is 0 Å². The molecule has 1 fully saturated rings. The highest BCUT2D eigenvalue weighted by Gasteiger charge is 2.51. The van der Waals surface area contributed by atoms with E-state index in [1.54, 1.807) is 65.8 Å². The number of hydrogen-bond acceptors (Lipinski definition) is 13. The number of phenolic OH excluding ortho intramolecular Hbond substituents is 2. The number of carbonyl (C=O) groups excluding carboxylic acids is 2. The molecule has 6 rings (SSSR count). The fourth-order valence-corrected chi connectivity index (χ4v) is 8.77. The standard InChI is InChI=1S/C44H60N4O10/c1-21-13-12-14-22(2)41(55)45-33-32-31(46-44(47-32)16-18-48(19-17-44)42(7,8)9)28-29(38(33)53)37(52)26(6)39-30(28)40(54)43(10,58-39)57-20-15-27(56-11)23(3)35(50)25(5)36(51)24(4)34(21)49/h12-15,20-21,23-25,27,34-36,46,49-53H,16-19H2,1-11H3. The number of carbonyl (C=O) groups is 2. The summed E-state index contributed by atoms with van der Waals surface area (Å²) in [7, 11) is 1.47. The van der Waals surface area contributed by atoms with Crippen LogP contribution in [0.25, 0.3) is 10.8 Å². The zero-order chi connectivity index (χ0) is 42.8. The van der Waals surface area contributed by atoms with Crippen LogP contribution in [0.1, 0.15) is 91.1 Å². The van der Waals surface area contributed by atoms with Gasteiger partial charge in [-0.05, 0) is 40.7 Å². The Morgan fingerprint density at radius 1 is 0.897 bits per heavy atom. The molecular weight excluding hydrogens is 745 g/mol. The number of anilines is 1. The molecule has 14 nitrogen and oxygen atoms in total. The molecule has 316 valence electrons. The Labute approximate surface area is 339 Å². The van der Waals surface area contributed by atoms with Crippen LogP contribution in [0.15, 0.2) is 46.1 Å². The number of methoxy groups -OCH3 is 1. The summed E-state index contributed by atoms with van der Waals surface area (Å²) in [4.78, 5) is 40.3. The highest BCUT2D eigenvalue weighted by Crippen LogP contribution is 2.51. The third-order valence-electron chi connectivity index (χ3n) is 12.9. The van der Waals surface area contributed by atoms with Gasteiger partial charge in [0.2, 0.25) is 0 Å². The van der Waals surface area contributed by atoms with Gasteiger partial charge in [0.05, 0.1) is 47.3 Å². The molecule has 4 aliphatic heterocycles. The van der Waals surface area contributed by atoms with Gasteiger partial charge in [-0.3, -0.25) is 19.5 Å². The Hall–Kier alpha value is -4.34. The van der Waals surface area contributed by atoms with E-state index >= 15 is 0 Å². The summed E-state index contributed by atoms with van der Waals surface area (Å²) in [6.45, 7) is 19.4. The molecule has 2 aromatic rings. The summed E-state index contributed by atoms with van der Waals surface area (Å²) in [5.41, 5.74) is -0.166. The number of nitrogens with one attached hydrogen (secondary N) is 1. The maximum Gasteiger partial charge on any atom is 0.312 e. The largest absolute Gasteiger partial charge is 0.507 e. The molecule has 9 atom stereocenters. The number of piperidine rings is 1. The fourth-order valence-electron chi connectivity index (χ4n) is 8.77. The van der Waals surface area contributed by atoms with Gasteiger partial charge in [0.1, 0.15) is 27.9 Å². The summed E-state index contributed by atoms with van der Waals surface area (Å²) in [5, 5.41) is 61.5. The van der Waals surface area contributed by atoms with Crippen molar-refractivity contribution in [3.8, 4) is 17.2 Å². The number of rotatable bonds is 1. The second kappa shape index (κ2) is 15.7. The molecule has 1 spiro atoms. The molecule has 14 heteroatoms. The van der Waals surface area contributed by atoms with Gasteiger partial charge < -0.3 is 45.1 Å². The van der Waals surface area contributed by atoms with Crippen molar-refractivity contribution in [3.63, 3.8) is 0 Å². The maximum absolute atomic E-state index is 14.6. The van der Waals surface area contributed by atoms with Gasteiger partial charge in [0.15, 0.2) is 5.75 Å². The van der Waals surface area contributed by atoms with E-state index in [9.17, 15) is 35.1 Å². The van der Waals surface area contributed by atoms with Crippen LogP contribution in [-0.4, -0.2) is 104 Å². The van der Waals surface area contributed by atoms with Gasteiger partial charge >= 0.3 is 5.79 Å². The van der Waals surface area contributed by atoms with E-state index in [2.05, 4.69) is 36.0 Å². The Morgan fingerprint density at radius 2 is 1.52 bits per heavy atom. The van der Waals surface area contributed by atoms with Crippen LogP contribution in [0.3, 0.4) is 0 Å². The van der Waals surface area contributed by atoms with Gasteiger partial charge in [0, 0.05) is 85.7 Å². The number of allylic oxidation sites excluding steroid dienone is 2. The minimum Gasteiger partial charge on any atom is -0.507 e. The van der Waals surface area contributed by atoms with Crippen molar-refractivity contribution in [2.24, 2.45) is 33.7 Å². The van der Waals surface area contributed by atoms with Crippen molar-refractivity contribution < 1.29 is 49.3 Å². The van der Waals surface area contributed by atoms with Crippen molar-refractivity contribution >= 4 is 28.2 Å². The van der Waals surface area contributed by atoms with Crippen molar-refractivity contribution in [2.75, 3.05) is 25.5 Å². The Morgan fingerprint density at radius 3 is 2.14 bits per heavy atom. The summed E-state index contributed by atoms with van der Waals surface area (Å²) < 4.78 is 18.0. The first-order chi connectivity index (χ1) is 27.1. The Balaban J connectivity index is 1.56. The second-order valence-corrected chi connectivity index (χ2v) is 17.9. The Kier molecular flexibility index (Phi) is 11.7. The van der Waals surface area contributed by atoms with E-state index in [0.717, 1.165) is 0 Å². The highest BCUT2D eigenvalue weighted by molar-refractivity contribution is 6.21. The minimum atomic E-state index is -1.92. The number of likely N-dealkylation sites (tertiary alicyclic amines) is 1. The number of nitrogens with zero attached hydrogens (tertiary/aromatic N) is 3. The summed E-state index contributed by atoms with van der Waals surface area (Å²) in [5.74, 6) is -6.34. The average molecular weight is 805 g/mol.